The van der Waals surface area contributed by atoms with Crippen molar-refractivity contribution < 1.29 is 8.83 Å². The van der Waals surface area contributed by atoms with E-state index in [9.17, 15) is 0 Å². The van der Waals surface area contributed by atoms with Gasteiger partial charge in [-0.3, -0.25) is 0 Å². The van der Waals surface area contributed by atoms with E-state index in [0.717, 1.165) is 55.7 Å². The Morgan fingerprint density at radius 1 is 0.417 bits per heavy atom. The third-order valence-electron chi connectivity index (χ3n) is 9.10. The number of aromatic nitrogens is 1. The van der Waals surface area contributed by atoms with E-state index in [1.807, 2.05) is 47.7 Å². The highest BCUT2D eigenvalue weighted by Crippen LogP contribution is 2.43. The van der Waals surface area contributed by atoms with Gasteiger partial charge in [0.05, 0.1) is 0 Å². The molecule has 0 fully saturated rings. The van der Waals surface area contributed by atoms with E-state index in [0.29, 0.717) is 5.89 Å². The van der Waals surface area contributed by atoms with Crippen LogP contribution in [-0.2, 0) is 0 Å². The minimum Gasteiger partial charge on any atom is -0.456 e. The van der Waals surface area contributed by atoms with E-state index < -0.39 is 0 Å². The summed E-state index contributed by atoms with van der Waals surface area (Å²) < 4.78 is 15.2. The van der Waals surface area contributed by atoms with Gasteiger partial charge in [0, 0.05) is 59.6 Å². The summed E-state index contributed by atoms with van der Waals surface area (Å²) in [5.74, 6) is 0.602. The van der Waals surface area contributed by atoms with Crippen LogP contribution in [0, 0.1) is 0 Å². The topological polar surface area (TPSA) is 42.4 Å². The molecule has 0 bridgehead atoms. The molecule has 0 spiro atoms. The zero-order valence-electron chi connectivity index (χ0n) is 25.6. The molecule has 4 nitrogen and oxygen atoms in total. The highest BCUT2D eigenvalue weighted by molar-refractivity contribution is 7.25. The molecule has 48 heavy (non-hydrogen) atoms. The van der Waals surface area contributed by atoms with E-state index in [4.69, 9.17) is 13.8 Å². The molecule has 0 aliphatic heterocycles. The molecule has 0 saturated carbocycles. The number of benzene rings is 7. The number of thiophene rings is 1. The number of furan rings is 1. The zero-order valence-corrected chi connectivity index (χ0v) is 26.4. The normalized spacial score (nSPS) is 11.8. The summed E-state index contributed by atoms with van der Waals surface area (Å²) in [5, 5.41) is 4.59. The first-order chi connectivity index (χ1) is 23.7. The molecule has 0 saturated heterocycles. The maximum atomic E-state index is 6.38. The first-order valence-electron chi connectivity index (χ1n) is 15.9. The van der Waals surface area contributed by atoms with Gasteiger partial charge in [-0.25, -0.2) is 4.98 Å². The highest BCUT2D eigenvalue weighted by atomic mass is 32.1. The van der Waals surface area contributed by atoms with Gasteiger partial charge in [0.1, 0.15) is 16.7 Å². The molecular weight excluding hydrogens is 609 g/mol. The minimum atomic E-state index is 0.602. The summed E-state index contributed by atoms with van der Waals surface area (Å²) in [5.41, 5.74) is 9.66. The number of hydrogen-bond acceptors (Lipinski definition) is 5. The smallest absolute Gasteiger partial charge is 0.227 e. The Labute approximate surface area is 279 Å². The molecular formula is C43H26N2O2S. The molecule has 226 valence electrons. The van der Waals surface area contributed by atoms with E-state index >= 15 is 0 Å². The summed E-state index contributed by atoms with van der Waals surface area (Å²) in [6.07, 6.45) is 0. The Bertz CT molecular complexity index is 2780. The first kappa shape index (κ1) is 27.0. The van der Waals surface area contributed by atoms with Crippen molar-refractivity contribution >= 4 is 81.6 Å². The van der Waals surface area contributed by atoms with Crippen molar-refractivity contribution in [3.05, 3.63) is 158 Å². The number of nitrogens with zero attached hydrogens (tertiary/aromatic N) is 2. The summed E-state index contributed by atoms with van der Waals surface area (Å²) in [6.45, 7) is 0. The average Bonchev–Trinajstić information content (AvgIpc) is 3.84. The van der Waals surface area contributed by atoms with Crippen molar-refractivity contribution in [3.63, 3.8) is 0 Å². The van der Waals surface area contributed by atoms with Crippen LogP contribution >= 0.6 is 11.3 Å². The van der Waals surface area contributed by atoms with Gasteiger partial charge in [-0.15, -0.1) is 11.3 Å². The van der Waals surface area contributed by atoms with Crippen molar-refractivity contribution in [1.82, 2.24) is 4.98 Å². The minimum absolute atomic E-state index is 0.602. The molecule has 0 aliphatic carbocycles. The van der Waals surface area contributed by atoms with Crippen LogP contribution in [0.25, 0.3) is 75.8 Å². The Kier molecular flexibility index (Phi) is 6.01. The largest absolute Gasteiger partial charge is 0.456 e. The predicted molar refractivity (Wildman–Crippen MR) is 200 cm³/mol. The van der Waals surface area contributed by atoms with E-state index in [1.54, 1.807) is 0 Å². The fourth-order valence-electron chi connectivity index (χ4n) is 6.76. The summed E-state index contributed by atoms with van der Waals surface area (Å²) in [6, 6.07) is 55.2. The molecule has 5 heteroatoms. The summed E-state index contributed by atoms with van der Waals surface area (Å²) in [4.78, 5) is 7.09. The Balaban J connectivity index is 1.14. The van der Waals surface area contributed by atoms with Crippen molar-refractivity contribution in [3.8, 4) is 22.6 Å². The molecule has 3 heterocycles. The van der Waals surface area contributed by atoms with Gasteiger partial charge in [-0.05, 0) is 77.9 Å². The lowest BCUT2D eigenvalue weighted by Crippen LogP contribution is -2.09. The van der Waals surface area contributed by atoms with Crippen LogP contribution in [0.1, 0.15) is 0 Å². The molecule has 0 unspecified atom stereocenters. The monoisotopic (exact) mass is 634 g/mol. The van der Waals surface area contributed by atoms with Crippen LogP contribution in [0.3, 0.4) is 0 Å². The number of rotatable bonds is 5. The fraction of sp³-hybridized carbons (Fsp3) is 0. The van der Waals surface area contributed by atoms with Crippen LogP contribution < -0.4 is 4.90 Å². The van der Waals surface area contributed by atoms with E-state index in [-0.39, 0.29) is 0 Å². The number of oxazole rings is 1. The molecule has 0 amide bonds. The average molecular weight is 635 g/mol. The van der Waals surface area contributed by atoms with Crippen LogP contribution in [-0.4, -0.2) is 4.98 Å². The molecule has 10 aromatic rings. The quantitative estimate of drug-likeness (QED) is 0.189. The second kappa shape index (κ2) is 10.7. The second-order valence-corrected chi connectivity index (χ2v) is 13.1. The van der Waals surface area contributed by atoms with Gasteiger partial charge in [0.15, 0.2) is 5.58 Å². The number of anilines is 3. The van der Waals surface area contributed by atoms with Gasteiger partial charge in [0.25, 0.3) is 0 Å². The van der Waals surface area contributed by atoms with Crippen LogP contribution in [0.2, 0.25) is 0 Å². The third kappa shape index (κ3) is 4.40. The van der Waals surface area contributed by atoms with Crippen LogP contribution in [0.5, 0.6) is 0 Å². The van der Waals surface area contributed by atoms with Crippen molar-refractivity contribution in [2.45, 2.75) is 0 Å². The lowest BCUT2D eigenvalue weighted by atomic mass is 10.0. The van der Waals surface area contributed by atoms with Crippen LogP contribution in [0.4, 0.5) is 17.1 Å². The molecule has 0 aliphatic rings. The van der Waals surface area contributed by atoms with Crippen molar-refractivity contribution in [1.29, 1.82) is 0 Å². The molecule has 0 N–H and O–H groups in total. The first-order valence-corrected chi connectivity index (χ1v) is 16.8. The van der Waals surface area contributed by atoms with Gasteiger partial charge >= 0.3 is 0 Å². The third-order valence-corrected chi connectivity index (χ3v) is 10.2. The molecule has 7 aromatic carbocycles. The maximum Gasteiger partial charge on any atom is 0.227 e. The van der Waals surface area contributed by atoms with Crippen molar-refractivity contribution in [2.75, 3.05) is 4.90 Å². The van der Waals surface area contributed by atoms with Crippen LogP contribution in [0.15, 0.2) is 167 Å². The molecule has 0 atom stereocenters. The van der Waals surface area contributed by atoms with Gasteiger partial charge in [-0.2, -0.15) is 0 Å². The lowest BCUT2D eigenvalue weighted by Gasteiger charge is -2.26. The Morgan fingerprint density at radius 3 is 1.90 bits per heavy atom. The van der Waals surface area contributed by atoms with Gasteiger partial charge in [-0.1, -0.05) is 84.9 Å². The summed E-state index contributed by atoms with van der Waals surface area (Å²) in [7, 11) is 0. The lowest BCUT2D eigenvalue weighted by molar-refractivity contribution is 0.620. The Morgan fingerprint density at radius 2 is 1.06 bits per heavy atom. The maximum absolute atomic E-state index is 6.38. The fourth-order valence-corrected chi connectivity index (χ4v) is 7.90. The highest BCUT2D eigenvalue weighted by Gasteiger charge is 2.19. The zero-order chi connectivity index (χ0) is 31.6. The Hall–Kier alpha value is -6.17. The number of hydrogen-bond donors (Lipinski definition) is 0. The molecule has 3 aromatic heterocycles. The predicted octanol–water partition coefficient (Wildman–Crippen LogP) is 12.9. The number of fused-ring (bicyclic) bond motifs is 7. The van der Waals surface area contributed by atoms with Gasteiger partial charge < -0.3 is 13.7 Å². The van der Waals surface area contributed by atoms with Gasteiger partial charge in [0.2, 0.25) is 5.89 Å². The second-order valence-electron chi connectivity index (χ2n) is 12.0. The summed E-state index contributed by atoms with van der Waals surface area (Å²) >= 11 is 1.83. The standard InChI is InChI=1S/C43H26N2O2S/c1-3-9-27(10-4-1)28-15-17-30(18-16-28)45(32-19-21-34-33-13-7-8-14-41(33)48-42(34)24-32)31-20-22-38-35(23-31)36-25-40-37(26-39(36)46-38)44-43(47-40)29-11-5-2-6-12-29/h1-26H. The molecule has 10 rings (SSSR count). The molecule has 0 radical (unpaired) electrons. The SMILES string of the molecule is c1ccc(-c2ccc(N(c3ccc4c(c3)sc3ccccc34)c3ccc4oc5cc6nc(-c7ccccc7)oc6cc5c4c3)cc2)cc1. The van der Waals surface area contributed by atoms with Crippen molar-refractivity contribution in [2.24, 2.45) is 0 Å². The van der Waals surface area contributed by atoms with E-state index in [1.165, 1.54) is 31.3 Å². The van der Waals surface area contributed by atoms with E-state index in [2.05, 4.69) is 126 Å².